The number of para-hydroxylation sites is 1. The molecule has 1 aliphatic rings. The summed E-state index contributed by atoms with van der Waals surface area (Å²) >= 11 is 0. The first-order chi connectivity index (χ1) is 13.8. The molecule has 2 aromatic rings. The largest absolute Gasteiger partial charge is 0.496 e. The minimum atomic E-state index is -0.392. The monoisotopic (exact) mass is 393 g/mol. The molecule has 150 valence electrons. The van der Waals surface area contributed by atoms with E-state index in [1.165, 1.54) is 18.9 Å². The van der Waals surface area contributed by atoms with Crippen LogP contribution in [-0.4, -0.2) is 35.8 Å². The van der Waals surface area contributed by atoms with Crippen LogP contribution in [0.4, 0.5) is 11.4 Å². The van der Waals surface area contributed by atoms with E-state index in [0.717, 1.165) is 0 Å². The van der Waals surface area contributed by atoms with E-state index in [9.17, 15) is 14.4 Å². The Morgan fingerprint density at radius 2 is 1.59 bits per heavy atom. The molecule has 1 heterocycles. The lowest BCUT2D eigenvalue weighted by atomic mass is 10.0. The molecule has 29 heavy (non-hydrogen) atoms. The number of methoxy groups -OCH3 is 1. The molecule has 3 rings (SSSR count). The minimum Gasteiger partial charge on any atom is -0.496 e. The van der Waals surface area contributed by atoms with Gasteiger partial charge in [-0.15, -0.1) is 0 Å². The fourth-order valence-electron chi connectivity index (χ4n) is 3.22. The molecule has 0 aromatic heterocycles. The van der Waals surface area contributed by atoms with E-state index in [1.54, 1.807) is 62.4 Å². The summed E-state index contributed by atoms with van der Waals surface area (Å²) in [4.78, 5) is 38.6. The number of amides is 3. The first-order valence-corrected chi connectivity index (χ1v) is 9.23. The third kappa shape index (κ3) is 3.99. The van der Waals surface area contributed by atoms with Crippen molar-refractivity contribution in [1.29, 1.82) is 0 Å². The van der Waals surface area contributed by atoms with Gasteiger partial charge in [-0.25, -0.2) is 0 Å². The van der Waals surface area contributed by atoms with Crippen LogP contribution in [0.15, 0.2) is 54.2 Å². The van der Waals surface area contributed by atoms with Crippen LogP contribution in [-0.2, 0) is 14.4 Å². The van der Waals surface area contributed by atoms with E-state index in [4.69, 9.17) is 4.74 Å². The summed E-state index contributed by atoms with van der Waals surface area (Å²) in [5.74, 6) is -0.422. The second-order valence-corrected chi connectivity index (χ2v) is 6.91. The Kier molecular flexibility index (Phi) is 5.68. The van der Waals surface area contributed by atoms with Crippen LogP contribution < -0.4 is 15.4 Å². The molecule has 0 saturated heterocycles. The molecule has 0 unspecified atom stereocenters. The number of carbonyl (C=O) groups is 3. The summed E-state index contributed by atoms with van der Waals surface area (Å²) in [6, 6.07) is 13.7. The highest BCUT2D eigenvalue weighted by atomic mass is 16.5. The topological polar surface area (TPSA) is 87.7 Å². The number of nitrogens with one attached hydrogen (secondary N) is 2. The lowest BCUT2D eigenvalue weighted by Crippen LogP contribution is -2.38. The lowest BCUT2D eigenvalue weighted by molar-refractivity contribution is -0.138. The van der Waals surface area contributed by atoms with Crippen LogP contribution in [0.3, 0.4) is 0 Å². The number of nitrogens with zero attached hydrogens (tertiary/aromatic N) is 1. The average Bonchev–Trinajstić information content (AvgIpc) is 2.92. The minimum absolute atomic E-state index is 0.170. The number of benzene rings is 2. The highest BCUT2D eigenvalue weighted by molar-refractivity contribution is 6.37. The van der Waals surface area contributed by atoms with Crippen molar-refractivity contribution in [2.75, 3.05) is 17.7 Å². The quantitative estimate of drug-likeness (QED) is 0.736. The molecule has 0 atom stereocenters. The summed E-state index contributed by atoms with van der Waals surface area (Å²) in [5, 5.41) is 5.77. The zero-order valence-corrected chi connectivity index (χ0v) is 16.8. The Morgan fingerprint density at radius 1 is 0.966 bits per heavy atom. The maximum atomic E-state index is 13.1. The van der Waals surface area contributed by atoms with Crippen LogP contribution in [0.2, 0.25) is 0 Å². The van der Waals surface area contributed by atoms with Crippen molar-refractivity contribution in [1.82, 2.24) is 4.90 Å². The Bertz CT molecular complexity index is 993. The summed E-state index contributed by atoms with van der Waals surface area (Å²) in [5.41, 5.74) is 2.27. The van der Waals surface area contributed by atoms with Crippen molar-refractivity contribution in [3.63, 3.8) is 0 Å². The van der Waals surface area contributed by atoms with Crippen LogP contribution in [0.5, 0.6) is 5.75 Å². The van der Waals surface area contributed by atoms with Gasteiger partial charge in [0.1, 0.15) is 11.4 Å². The molecule has 0 aliphatic carbocycles. The van der Waals surface area contributed by atoms with Gasteiger partial charge in [0, 0.05) is 29.9 Å². The van der Waals surface area contributed by atoms with Crippen molar-refractivity contribution in [3.05, 3.63) is 59.8 Å². The van der Waals surface area contributed by atoms with E-state index in [2.05, 4.69) is 10.6 Å². The fourth-order valence-corrected chi connectivity index (χ4v) is 3.22. The van der Waals surface area contributed by atoms with Crippen molar-refractivity contribution < 1.29 is 19.1 Å². The molecule has 1 aliphatic heterocycles. The number of hydrogen-bond donors (Lipinski definition) is 2. The third-order valence-electron chi connectivity index (χ3n) is 4.48. The van der Waals surface area contributed by atoms with Gasteiger partial charge in [0.05, 0.1) is 12.7 Å². The van der Waals surface area contributed by atoms with Crippen molar-refractivity contribution in [2.24, 2.45) is 0 Å². The van der Waals surface area contributed by atoms with E-state index in [-0.39, 0.29) is 29.1 Å². The first kappa shape index (κ1) is 20.1. The van der Waals surface area contributed by atoms with E-state index in [1.807, 2.05) is 0 Å². The second kappa shape index (κ2) is 8.18. The summed E-state index contributed by atoms with van der Waals surface area (Å²) < 4.78 is 5.40. The fraction of sp³-hybridized carbons (Fsp3) is 0.227. The molecular weight excluding hydrogens is 370 g/mol. The molecule has 0 spiro atoms. The molecule has 0 fully saturated rings. The predicted molar refractivity (Wildman–Crippen MR) is 111 cm³/mol. The molecule has 0 saturated carbocycles. The number of ether oxygens (including phenoxy) is 1. The van der Waals surface area contributed by atoms with Crippen molar-refractivity contribution in [3.8, 4) is 5.75 Å². The number of hydrogen-bond acceptors (Lipinski definition) is 5. The molecule has 2 aromatic carbocycles. The van der Waals surface area contributed by atoms with Gasteiger partial charge in [0.25, 0.3) is 11.8 Å². The van der Waals surface area contributed by atoms with Gasteiger partial charge in [0.15, 0.2) is 0 Å². The molecule has 2 N–H and O–H groups in total. The van der Waals surface area contributed by atoms with Gasteiger partial charge < -0.3 is 15.4 Å². The molecule has 7 heteroatoms. The Morgan fingerprint density at radius 3 is 2.17 bits per heavy atom. The number of imide groups is 1. The van der Waals surface area contributed by atoms with Gasteiger partial charge in [-0.05, 0) is 44.2 Å². The molecule has 0 bridgehead atoms. The smallest absolute Gasteiger partial charge is 0.278 e. The van der Waals surface area contributed by atoms with Crippen molar-refractivity contribution in [2.45, 2.75) is 26.8 Å². The molecule has 0 radical (unpaired) electrons. The lowest BCUT2D eigenvalue weighted by Gasteiger charge is -2.19. The average molecular weight is 393 g/mol. The Hall–Kier alpha value is -3.61. The Balaban J connectivity index is 2.05. The maximum absolute atomic E-state index is 13.1. The summed E-state index contributed by atoms with van der Waals surface area (Å²) in [7, 11) is 1.52. The van der Waals surface area contributed by atoms with Crippen LogP contribution >= 0.6 is 0 Å². The molecule has 7 nitrogen and oxygen atoms in total. The first-order valence-electron chi connectivity index (χ1n) is 9.23. The van der Waals surface area contributed by atoms with Gasteiger partial charge >= 0.3 is 0 Å². The normalized spacial score (nSPS) is 13.9. The number of carbonyl (C=O) groups excluding carboxylic acids is 3. The van der Waals surface area contributed by atoms with Crippen LogP contribution in [0.25, 0.3) is 5.57 Å². The van der Waals surface area contributed by atoms with Crippen molar-refractivity contribution >= 4 is 34.7 Å². The van der Waals surface area contributed by atoms with Gasteiger partial charge in [-0.2, -0.15) is 0 Å². The van der Waals surface area contributed by atoms with Crippen LogP contribution in [0.1, 0.15) is 26.3 Å². The molecular formula is C22H23N3O4. The number of anilines is 2. The summed E-state index contributed by atoms with van der Waals surface area (Å²) in [6.45, 7) is 5.02. The second-order valence-electron chi connectivity index (χ2n) is 6.91. The zero-order valence-electron chi connectivity index (χ0n) is 16.8. The van der Waals surface area contributed by atoms with Gasteiger partial charge in [-0.3, -0.25) is 19.3 Å². The summed E-state index contributed by atoms with van der Waals surface area (Å²) in [6.07, 6.45) is 0. The number of rotatable bonds is 6. The van der Waals surface area contributed by atoms with E-state index < -0.39 is 5.91 Å². The predicted octanol–water partition coefficient (Wildman–Crippen LogP) is 3.25. The Labute approximate surface area is 169 Å². The SMILES string of the molecule is COc1ccccc1C1=C(Nc2ccc(NC(C)=O)cc2)C(=O)N(C(C)C)C1=O. The van der Waals surface area contributed by atoms with Gasteiger partial charge in [0.2, 0.25) is 5.91 Å². The van der Waals surface area contributed by atoms with E-state index >= 15 is 0 Å². The highest BCUT2D eigenvalue weighted by Crippen LogP contribution is 2.36. The molecule has 3 amide bonds. The maximum Gasteiger partial charge on any atom is 0.278 e. The highest BCUT2D eigenvalue weighted by Gasteiger charge is 2.41. The van der Waals surface area contributed by atoms with E-state index in [0.29, 0.717) is 22.7 Å². The zero-order chi connectivity index (χ0) is 21.1. The van der Waals surface area contributed by atoms with Gasteiger partial charge in [-0.1, -0.05) is 18.2 Å². The third-order valence-corrected chi connectivity index (χ3v) is 4.48. The van der Waals surface area contributed by atoms with Crippen LogP contribution in [0, 0.1) is 0 Å². The standard InChI is InChI=1S/C22H23N3O4/c1-13(2)25-21(27)19(17-7-5-6-8-18(17)29-4)20(22(25)28)24-16-11-9-15(10-12-16)23-14(3)26/h5-13,24H,1-4H3,(H,23,26).